The van der Waals surface area contributed by atoms with E-state index in [0.717, 1.165) is 22.5 Å². The topological polar surface area (TPSA) is 47.6 Å². The molecule has 0 fully saturated rings. The first-order valence-electron chi connectivity index (χ1n) is 12.6. The van der Waals surface area contributed by atoms with Gasteiger partial charge in [-0.3, -0.25) is 0 Å². The fraction of sp³-hybridized carbons (Fsp3) is 0.182. The number of anilines is 2. The van der Waals surface area contributed by atoms with Crippen molar-refractivity contribution in [1.29, 1.82) is 0 Å². The highest BCUT2D eigenvalue weighted by Crippen LogP contribution is 2.45. The zero-order chi connectivity index (χ0) is 27.6. The number of rotatable bonds is 5. The quantitative estimate of drug-likeness (QED) is 0.144. The van der Waals surface area contributed by atoms with Gasteiger partial charge in [0, 0.05) is 17.7 Å². The summed E-state index contributed by atoms with van der Waals surface area (Å²) in [6, 6.07) is 27.0. The highest BCUT2D eigenvalue weighted by Gasteiger charge is 2.38. The van der Waals surface area contributed by atoms with Crippen LogP contribution in [0.1, 0.15) is 30.5 Å². The molecule has 0 unspecified atom stereocenters. The van der Waals surface area contributed by atoms with Crippen LogP contribution < -0.4 is 10.1 Å². The number of hydrogen-bond acceptors (Lipinski definition) is 4. The van der Waals surface area contributed by atoms with Crippen molar-refractivity contribution in [1.82, 2.24) is 0 Å². The van der Waals surface area contributed by atoms with Gasteiger partial charge in [-0.25, -0.2) is 9.18 Å². The van der Waals surface area contributed by atoms with E-state index in [4.69, 9.17) is 9.47 Å². The summed E-state index contributed by atoms with van der Waals surface area (Å²) in [5.74, 6) is 5.69. The number of carbonyl (C=O) groups is 1. The highest BCUT2D eigenvalue weighted by atomic mass is 32.2. The van der Waals surface area contributed by atoms with Crippen molar-refractivity contribution in [3.05, 3.63) is 107 Å². The van der Waals surface area contributed by atoms with Gasteiger partial charge in [0.1, 0.15) is 22.5 Å². The van der Waals surface area contributed by atoms with Gasteiger partial charge in [-0.15, -0.1) is 0 Å². The first-order chi connectivity index (χ1) is 18.7. The van der Waals surface area contributed by atoms with Gasteiger partial charge in [-0.05, 0) is 87.4 Å². The minimum absolute atomic E-state index is 0.232. The molecule has 0 aromatic heterocycles. The Balaban J connectivity index is 1.32. The molecule has 39 heavy (non-hydrogen) atoms. The lowest BCUT2D eigenvalue weighted by molar-refractivity contribution is -0.154. The Morgan fingerprint density at radius 2 is 1.46 bits per heavy atom. The van der Waals surface area contributed by atoms with E-state index in [9.17, 15) is 9.18 Å². The molecule has 4 nitrogen and oxygen atoms in total. The van der Waals surface area contributed by atoms with E-state index in [1.807, 2.05) is 26.0 Å². The van der Waals surface area contributed by atoms with Crippen molar-refractivity contribution >= 4 is 28.2 Å². The van der Waals surface area contributed by atoms with Gasteiger partial charge >= 0.3 is 5.97 Å². The van der Waals surface area contributed by atoms with Crippen molar-refractivity contribution in [2.45, 2.75) is 48.0 Å². The van der Waals surface area contributed by atoms with Gasteiger partial charge in [-0.2, -0.15) is 0 Å². The number of hydrogen-bond donors (Lipinski definition) is 1. The van der Waals surface area contributed by atoms with Crippen molar-refractivity contribution in [3.8, 4) is 17.6 Å². The zero-order valence-corrected chi connectivity index (χ0v) is 23.1. The minimum atomic E-state index is -1.03. The third-order valence-corrected chi connectivity index (χ3v) is 8.51. The van der Waals surface area contributed by atoms with Gasteiger partial charge in [0.15, 0.2) is 26.9 Å². The molecular formula is C33H29FNO3S+. The smallest absolute Gasteiger partial charge is 0.345 e. The van der Waals surface area contributed by atoms with Crippen LogP contribution in [0.25, 0.3) is 0 Å². The Morgan fingerprint density at radius 3 is 2.05 bits per heavy atom. The summed E-state index contributed by atoms with van der Waals surface area (Å²) in [6.07, 6.45) is 0. The number of para-hydroxylation sites is 2. The molecule has 196 valence electrons. The van der Waals surface area contributed by atoms with Crippen LogP contribution >= 0.6 is 0 Å². The van der Waals surface area contributed by atoms with E-state index in [1.165, 1.54) is 26.8 Å². The SMILES string of the molecule is Cc1cc([S+]2c3ccccc3Nc3ccccc32)cc(C)c1OCC(=O)OC(C)(C)C#Cc1ccc(F)cc1. The largest absolute Gasteiger partial charge is 0.481 e. The number of nitrogens with one attached hydrogen (secondary N) is 1. The van der Waals surface area contributed by atoms with Gasteiger partial charge in [-0.1, -0.05) is 36.1 Å². The second kappa shape index (κ2) is 10.9. The highest BCUT2D eigenvalue weighted by molar-refractivity contribution is 7.97. The molecule has 0 radical (unpaired) electrons. The number of fused-ring (bicyclic) bond motifs is 2. The molecule has 1 aliphatic rings. The van der Waals surface area contributed by atoms with Crippen LogP contribution in [0.3, 0.4) is 0 Å². The van der Waals surface area contributed by atoms with E-state index in [0.29, 0.717) is 11.3 Å². The van der Waals surface area contributed by atoms with E-state index < -0.39 is 11.6 Å². The van der Waals surface area contributed by atoms with Crippen molar-refractivity contribution < 1.29 is 18.7 Å². The second-order valence-electron chi connectivity index (χ2n) is 9.84. The Hall–Kier alpha value is -4.21. The number of esters is 1. The predicted octanol–water partition coefficient (Wildman–Crippen LogP) is 7.35. The normalized spacial score (nSPS) is 12.3. The molecular weight excluding hydrogens is 509 g/mol. The van der Waals surface area contributed by atoms with Crippen molar-refractivity contribution in [2.75, 3.05) is 11.9 Å². The van der Waals surface area contributed by atoms with E-state index in [-0.39, 0.29) is 23.3 Å². The van der Waals surface area contributed by atoms with Crippen LogP contribution in [0.5, 0.6) is 5.75 Å². The number of benzene rings is 4. The summed E-state index contributed by atoms with van der Waals surface area (Å²) in [4.78, 5) is 16.3. The fourth-order valence-corrected chi connectivity index (χ4v) is 6.94. The molecule has 0 bridgehead atoms. The van der Waals surface area contributed by atoms with E-state index in [1.54, 1.807) is 26.0 Å². The maximum atomic E-state index is 13.1. The van der Waals surface area contributed by atoms with E-state index in [2.05, 4.69) is 65.7 Å². The second-order valence-corrected chi connectivity index (χ2v) is 11.8. The Labute approximate surface area is 231 Å². The molecule has 1 N–H and O–H groups in total. The Kier molecular flexibility index (Phi) is 7.36. The van der Waals surface area contributed by atoms with Gasteiger partial charge in [0.2, 0.25) is 0 Å². The van der Waals surface area contributed by atoms with Crippen LogP contribution in [0.15, 0.2) is 99.6 Å². The lowest BCUT2D eigenvalue weighted by Gasteiger charge is -2.22. The predicted molar refractivity (Wildman–Crippen MR) is 153 cm³/mol. The molecule has 6 heteroatoms. The monoisotopic (exact) mass is 538 g/mol. The molecule has 4 aromatic rings. The average Bonchev–Trinajstić information content (AvgIpc) is 2.90. The molecule has 0 aliphatic carbocycles. The molecule has 1 aliphatic heterocycles. The Bertz CT molecular complexity index is 1530. The number of halogens is 1. The molecule has 0 atom stereocenters. The molecule has 0 spiro atoms. The number of aryl methyl sites for hydroxylation is 2. The van der Waals surface area contributed by atoms with Crippen LogP contribution in [-0.2, 0) is 20.4 Å². The standard InChI is InChI=1S/C33H29FNO3S/c1-22-19-26(39-29-11-7-5-9-27(29)35-28-10-6-8-12-30(28)39)20-23(2)32(22)37-21-31(36)38-33(3,4)18-17-24-13-15-25(34)16-14-24/h5-16,19-20,35H,21H2,1-4H3/q+1. The van der Waals surface area contributed by atoms with Gasteiger partial charge in [0.05, 0.1) is 11.4 Å². The summed E-state index contributed by atoms with van der Waals surface area (Å²) < 4.78 is 24.6. The summed E-state index contributed by atoms with van der Waals surface area (Å²) in [6.45, 7) is 7.19. The van der Waals surface area contributed by atoms with Crippen LogP contribution in [-0.4, -0.2) is 18.2 Å². The summed E-state index contributed by atoms with van der Waals surface area (Å²) in [5.41, 5.74) is 3.75. The van der Waals surface area contributed by atoms with Gasteiger partial charge in [0.25, 0.3) is 0 Å². The van der Waals surface area contributed by atoms with Crippen LogP contribution in [0, 0.1) is 31.5 Å². The van der Waals surface area contributed by atoms with Gasteiger partial charge < -0.3 is 14.8 Å². The van der Waals surface area contributed by atoms with Crippen molar-refractivity contribution in [2.24, 2.45) is 0 Å². The first kappa shape index (κ1) is 26.4. The fourth-order valence-electron chi connectivity index (χ4n) is 4.50. The van der Waals surface area contributed by atoms with Crippen LogP contribution in [0.2, 0.25) is 0 Å². The molecule has 0 saturated heterocycles. The molecule has 4 aromatic carbocycles. The third kappa shape index (κ3) is 5.94. The first-order valence-corrected chi connectivity index (χ1v) is 13.9. The molecule has 0 amide bonds. The maximum absolute atomic E-state index is 13.1. The summed E-state index contributed by atoms with van der Waals surface area (Å²) in [5, 5.41) is 3.56. The summed E-state index contributed by atoms with van der Waals surface area (Å²) >= 11 is 0. The lowest BCUT2D eigenvalue weighted by atomic mass is 10.1. The maximum Gasteiger partial charge on any atom is 0.345 e. The molecule has 0 saturated carbocycles. The lowest BCUT2D eigenvalue weighted by Crippen LogP contribution is -2.29. The Morgan fingerprint density at radius 1 is 0.897 bits per heavy atom. The van der Waals surface area contributed by atoms with Crippen LogP contribution in [0.4, 0.5) is 15.8 Å². The minimum Gasteiger partial charge on any atom is -0.481 e. The average molecular weight is 539 g/mol. The number of carbonyl (C=O) groups excluding carboxylic acids is 1. The number of ether oxygens (including phenoxy) is 2. The van der Waals surface area contributed by atoms with Crippen molar-refractivity contribution in [3.63, 3.8) is 0 Å². The molecule has 1 heterocycles. The summed E-state index contributed by atoms with van der Waals surface area (Å²) in [7, 11) is -0.278. The third-order valence-electron chi connectivity index (χ3n) is 6.21. The molecule has 5 rings (SSSR count). The van der Waals surface area contributed by atoms with E-state index >= 15 is 0 Å². The zero-order valence-electron chi connectivity index (χ0n) is 22.3.